The average Bonchev–Trinajstić information content (AvgIpc) is 2.69. The largest absolute Gasteiger partial charge is 0.293 e. The summed E-state index contributed by atoms with van der Waals surface area (Å²) in [6.45, 7) is 2.48. The molecule has 1 aliphatic rings. The first-order valence-corrected chi connectivity index (χ1v) is 11.5. The van der Waals surface area contributed by atoms with Crippen molar-refractivity contribution in [1.29, 1.82) is 0 Å². The molecule has 3 aromatic rings. The molecule has 0 unspecified atom stereocenters. The Hall–Kier alpha value is -1.80. The predicted octanol–water partition coefficient (Wildman–Crippen LogP) is 5.68. The van der Waals surface area contributed by atoms with Crippen LogP contribution in [0.25, 0.3) is 10.9 Å². The number of hydrogen-bond donors (Lipinski definition) is 0. The first kappa shape index (κ1) is 23.9. The fourth-order valence-electron chi connectivity index (χ4n) is 3.78. The van der Waals surface area contributed by atoms with Gasteiger partial charge in [-0.1, -0.05) is 35.9 Å². The third-order valence-corrected chi connectivity index (χ3v) is 7.52. The van der Waals surface area contributed by atoms with E-state index in [-0.39, 0.29) is 35.2 Å². The van der Waals surface area contributed by atoms with E-state index in [4.69, 9.17) is 11.6 Å². The molecule has 0 atom stereocenters. The van der Waals surface area contributed by atoms with Crippen molar-refractivity contribution < 1.29 is 17.2 Å². The molecule has 4 nitrogen and oxygen atoms in total. The van der Waals surface area contributed by atoms with Crippen LogP contribution in [0.4, 0.5) is 8.78 Å². The molecule has 0 spiro atoms. The molecule has 0 amide bonds. The molecule has 9 heteroatoms. The molecule has 2 heterocycles. The van der Waals surface area contributed by atoms with Crippen molar-refractivity contribution in [2.24, 2.45) is 0 Å². The summed E-state index contributed by atoms with van der Waals surface area (Å²) in [6.07, 6.45) is 1.69. The first-order chi connectivity index (χ1) is 14.2. The van der Waals surface area contributed by atoms with E-state index in [0.717, 1.165) is 11.1 Å². The van der Waals surface area contributed by atoms with Crippen molar-refractivity contribution in [1.82, 2.24) is 9.88 Å². The highest BCUT2D eigenvalue weighted by molar-refractivity contribution is 7.91. The zero-order chi connectivity index (χ0) is 21.5. The molecule has 31 heavy (non-hydrogen) atoms. The van der Waals surface area contributed by atoms with Gasteiger partial charge in [-0.05, 0) is 49.2 Å². The van der Waals surface area contributed by atoms with Gasteiger partial charge in [0.1, 0.15) is 0 Å². The van der Waals surface area contributed by atoms with Gasteiger partial charge in [0.05, 0.1) is 21.9 Å². The second-order valence-electron chi connectivity index (χ2n) is 7.74. The zero-order valence-corrected chi connectivity index (χ0v) is 19.2. The van der Waals surface area contributed by atoms with Gasteiger partial charge in [0.15, 0.2) is 0 Å². The van der Waals surface area contributed by atoms with Crippen LogP contribution in [0, 0.1) is 6.92 Å². The van der Waals surface area contributed by atoms with Crippen molar-refractivity contribution in [3.05, 3.63) is 64.8 Å². The van der Waals surface area contributed by atoms with E-state index >= 15 is 0 Å². The van der Waals surface area contributed by atoms with Crippen LogP contribution in [0.15, 0.2) is 58.5 Å². The Morgan fingerprint density at radius 1 is 1.16 bits per heavy atom. The first-order valence-electron chi connectivity index (χ1n) is 9.65. The number of halogens is 4. The van der Waals surface area contributed by atoms with E-state index in [1.54, 1.807) is 36.1 Å². The minimum absolute atomic E-state index is 0. The van der Waals surface area contributed by atoms with Gasteiger partial charge < -0.3 is 0 Å². The molecule has 0 saturated carbocycles. The molecule has 166 valence electrons. The SMILES string of the molecule is Cc1ccc(S(=O)(=O)c2cnc3c(CN4CCCC(F)(F)C4)cccc3c2)cc1Cl.Cl. The van der Waals surface area contributed by atoms with Gasteiger partial charge in [-0.25, -0.2) is 17.2 Å². The summed E-state index contributed by atoms with van der Waals surface area (Å²) in [5.74, 6) is -2.67. The third kappa shape index (κ3) is 5.00. The molecule has 1 saturated heterocycles. The fraction of sp³-hybridized carbons (Fsp3) is 0.318. The molecule has 0 N–H and O–H groups in total. The van der Waals surface area contributed by atoms with Crippen molar-refractivity contribution in [3.63, 3.8) is 0 Å². The Labute approximate surface area is 191 Å². The van der Waals surface area contributed by atoms with Gasteiger partial charge in [-0.3, -0.25) is 9.88 Å². The lowest BCUT2D eigenvalue weighted by atomic mass is 10.0. The second-order valence-corrected chi connectivity index (χ2v) is 10.1. The van der Waals surface area contributed by atoms with Crippen molar-refractivity contribution in [3.8, 4) is 0 Å². The third-order valence-electron chi connectivity index (χ3n) is 5.40. The summed E-state index contributed by atoms with van der Waals surface area (Å²) in [5.41, 5.74) is 2.21. The number of benzene rings is 2. The summed E-state index contributed by atoms with van der Waals surface area (Å²) in [4.78, 5) is 6.28. The number of piperidine rings is 1. The number of alkyl halides is 2. The summed E-state index contributed by atoms with van der Waals surface area (Å²) in [7, 11) is -3.78. The molecule has 2 aromatic carbocycles. The Bertz CT molecular complexity index is 1220. The highest BCUT2D eigenvalue weighted by Gasteiger charge is 2.35. The Kier molecular flexibility index (Phi) is 6.91. The number of likely N-dealkylation sites (tertiary alicyclic amines) is 1. The van der Waals surface area contributed by atoms with E-state index in [9.17, 15) is 17.2 Å². The lowest BCUT2D eigenvalue weighted by Gasteiger charge is -2.32. The van der Waals surface area contributed by atoms with Crippen molar-refractivity contribution >= 4 is 44.7 Å². The Morgan fingerprint density at radius 3 is 2.65 bits per heavy atom. The van der Waals surface area contributed by atoms with Crippen LogP contribution in [0.5, 0.6) is 0 Å². The minimum Gasteiger partial charge on any atom is -0.293 e. The molecular weight excluding hydrogens is 465 g/mol. The molecular formula is C22H22Cl2F2N2O2S. The predicted molar refractivity (Wildman–Crippen MR) is 120 cm³/mol. The maximum absolute atomic E-state index is 13.7. The fourth-order valence-corrected chi connectivity index (χ4v) is 5.29. The van der Waals surface area contributed by atoms with E-state index in [1.807, 2.05) is 6.07 Å². The maximum Gasteiger partial charge on any atom is 0.260 e. The Balaban J connectivity index is 0.00000272. The monoisotopic (exact) mass is 486 g/mol. The summed E-state index contributed by atoms with van der Waals surface area (Å²) in [6, 6.07) is 11.6. The van der Waals surface area contributed by atoms with Gasteiger partial charge in [0, 0.05) is 29.6 Å². The summed E-state index contributed by atoms with van der Waals surface area (Å²) in [5, 5.41) is 1.03. The number of nitrogens with zero attached hydrogens (tertiary/aromatic N) is 2. The highest BCUT2D eigenvalue weighted by atomic mass is 35.5. The van der Waals surface area contributed by atoms with Crippen LogP contribution in [0.2, 0.25) is 5.02 Å². The molecule has 0 aliphatic carbocycles. The van der Waals surface area contributed by atoms with Crippen LogP contribution in [-0.2, 0) is 16.4 Å². The van der Waals surface area contributed by atoms with Crippen LogP contribution in [0.3, 0.4) is 0 Å². The number of pyridine rings is 1. The molecule has 0 radical (unpaired) electrons. The zero-order valence-electron chi connectivity index (χ0n) is 16.8. The number of fused-ring (bicyclic) bond motifs is 1. The highest BCUT2D eigenvalue weighted by Crippen LogP contribution is 2.30. The van der Waals surface area contributed by atoms with Gasteiger partial charge >= 0.3 is 0 Å². The lowest BCUT2D eigenvalue weighted by molar-refractivity contribution is -0.0660. The molecule has 4 rings (SSSR count). The maximum atomic E-state index is 13.7. The standard InChI is InChI=1S/C22H21ClF2N2O2S.ClH/c1-15-6-7-18(11-20(15)23)30(28,29)19-10-16-4-2-5-17(21(16)26-12-19)13-27-9-3-8-22(24,25)14-27;/h2,4-7,10-12H,3,8-9,13-14H2,1H3;1H. The number of hydrogen-bond acceptors (Lipinski definition) is 4. The number of para-hydroxylation sites is 1. The van der Waals surface area contributed by atoms with Crippen LogP contribution < -0.4 is 0 Å². The number of aromatic nitrogens is 1. The molecule has 1 fully saturated rings. The van der Waals surface area contributed by atoms with Crippen LogP contribution in [0.1, 0.15) is 24.0 Å². The normalized spacial score (nSPS) is 16.8. The van der Waals surface area contributed by atoms with Gasteiger partial charge in [0.25, 0.3) is 5.92 Å². The molecule has 0 bridgehead atoms. The minimum atomic E-state index is -3.78. The number of rotatable bonds is 4. The van der Waals surface area contributed by atoms with Crippen molar-refractivity contribution in [2.75, 3.05) is 13.1 Å². The van der Waals surface area contributed by atoms with Crippen LogP contribution in [-0.4, -0.2) is 37.3 Å². The summed E-state index contributed by atoms with van der Waals surface area (Å²) >= 11 is 6.10. The lowest BCUT2D eigenvalue weighted by Crippen LogP contribution is -2.42. The van der Waals surface area contributed by atoms with Crippen LogP contribution >= 0.6 is 24.0 Å². The Morgan fingerprint density at radius 2 is 1.94 bits per heavy atom. The smallest absolute Gasteiger partial charge is 0.260 e. The van der Waals surface area contributed by atoms with E-state index in [2.05, 4.69) is 4.98 Å². The van der Waals surface area contributed by atoms with Gasteiger partial charge in [-0.2, -0.15) is 0 Å². The van der Waals surface area contributed by atoms with Gasteiger partial charge in [0.2, 0.25) is 9.84 Å². The number of sulfone groups is 1. The van der Waals surface area contributed by atoms with E-state index < -0.39 is 15.8 Å². The van der Waals surface area contributed by atoms with Gasteiger partial charge in [-0.15, -0.1) is 12.4 Å². The second kappa shape index (κ2) is 8.98. The number of aryl methyl sites for hydroxylation is 1. The average molecular weight is 487 g/mol. The van der Waals surface area contributed by atoms with Crippen molar-refractivity contribution in [2.45, 2.75) is 42.0 Å². The topological polar surface area (TPSA) is 50.3 Å². The molecule has 1 aromatic heterocycles. The quantitative estimate of drug-likeness (QED) is 0.475. The van der Waals surface area contributed by atoms with E-state index in [1.165, 1.54) is 18.3 Å². The van der Waals surface area contributed by atoms with E-state index in [0.29, 0.717) is 35.4 Å². The summed E-state index contributed by atoms with van der Waals surface area (Å²) < 4.78 is 53.5. The molecule has 1 aliphatic heterocycles.